The number of para-hydroxylation sites is 1. The average molecular weight is 357 g/mol. The van der Waals surface area contributed by atoms with Gasteiger partial charge in [-0.2, -0.15) is 0 Å². The van der Waals surface area contributed by atoms with Gasteiger partial charge < -0.3 is 15.8 Å². The van der Waals surface area contributed by atoms with Gasteiger partial charge in [-0.25, -0.2) is 0 Å². The van der Waals surface area contributed by atoms with Gasteiger partial charge in [-0.3, -0.25) is 4.79 Å². The molecule has 1 unspecified atom stereocenters. The number of benzene rings is 1. The number of amides is 1. The summed E-state index contributed by atoms with van der Waals surface area (Å²) >= 11 is 3.42. The second kappa shape index (κ2) is 8.39. The molecule has 0 bridgehead atoms. The predicted octanol–water partition coefficient (Wildman–Crippen LogP) is 3.10. The zero-order valence-corrected chi connectivity index (χ0v) is 14.6. The van der Waals surface area contributed by atoms with Crippen LogP contribution in [-0.4, -0.2) is 24.6 Å². The van der Waals surface area contributed by atoms with Crippen molar-refractivity contribution in [2.24, 2.45) is 11.7 Å². The number of carbonyl (C=O) groups is 1. The molecule has 1 aromatic carbocycles. The number of nitrogens with one attached hydrogen (secondary N) is 1. The zero-order chi connectivity index (χ0) is 15.9. The van der Waals surface area contributed by atoms with Gasteiger partial charge in [0, 0.05) is 13.0 Å². The largest absolute Gasteiger partial charge is 0.492 e. The Morgan fingerprint density at radius 2 is 2.10 bits per heavy atom. The molecule has 0 radical (unpaired) electrons. The Bertz CT molecular complexity index is 465. The Morgan fingerprint density at radius 3 is 2.67 bits per heavy atom. The fraction of sp³-hybridized carbons (Fsp3) is 0.562. The third-order valence-corrected chi connectivity index (χ3v) is 4.42. The standard InChI is InChI=1S/C16H25BrN2O2/c1-12(2)16(3,11-18)19-15(20)9-6-10-21-14-8-5-4-7-13(14)17/h4-5,7-8,12H,6,9-11,18H2,1-3H3,(H,19,20). The summed E-state index contributed by atoms with van der Waals surface area (Å²) in [4.78, 5) is 12.0. The molecule has 0 aliphatic rings. The molecular weight excluding hydrogens is 332 g/mol. The van der Waals surface area contributed by atoms with Crippen LogP contribution in [0.3, 0.4) is 0 Å². The van der Waals surface area contributed by atoms with E-state index in [9.17, 15) is 4.79 Å². The Labute approximate surface area is 135 Å². The van der Waals surface area contributed by atoms with Crippen molar-refractivity contribution in [1.29, 1.82) is 0 Å². The van der Waals surface area contributed by atoms with Crippen LogP contribution in [0.5, 0.6) is 5.75 Å². The minimum Gasteiger partial charge on any atom is -0.492 e. The molecule has 0 aliphatic carbocycles. The van der Waals surface area contributed by atoms with E-state index >= 15 is 0 Å². The molecule has 21 heavy (non-hydrogen) atoms. The molecule has 0 saturated carbocycles. The van der Waals surface area contributed by atoms with Gasteiger partial charge >= 0.3 is 0 Å². The molecule has 0 heterocycles. The SMILES string of the molecule is CC(C)C(C)(CN)NC(=O)CCCOc1ccccc1Br. The van der Waals surface area contributed by atoms with Crippen LogP contribution < -0.4 is 15.8 Å². The van der Waals surface area contributed by atoms with E-state index in [0.29, 0.717) is 31.9 Å². The third kappa shape index (κ3) is 5.67. The number of hydrogen-bond acceptors (Lipinski definition) is 3. The first kappa shape index (κ1) is 18.0. The fourth-order valence-corrected chi connectivity index (χ4v) is 2.19. The Balaban J connectivity index is 2.33. The summed E-state index contributed by atoms with van der Waals surface area (Å²) in [6.45, 7) is 7.04. The summed E-state index contributed by atoms with van der Waals surface area (Å²) in [6.07, 6.45) is 1.11. The minimum atomic E-state index is -0.347. The van der Waals surface area contributed by atoms with Crippen molar-refractivity contribution in [3.63, 3.8) is 0 Å². The molecular formula is C16H25BrN2O2. The van der Waals surface area contributed by atoms with Crippen LogP contribution in [0.1, 0.15) is 33.6 Å². The topological polar surface area (TPSA) is 64.3 Å². The van der Waals surface area contributed by atoms with Crippen LogP contribution in [0.4, 0.5) is 0 Å². The average Bonchev–Trinajstić information content (AvgIpc) is 2.45. The second-order valence-corrected chi connectivity index (χ2v) is 6.56. The molecule has 1 rings (SSSR count). The minimum absolute atomic E-state index is 0.0207. The van der Waals surface area contributed by atoms with Crippen molar-refractivity contribution in [3.8, 4) is 5.75 Å². The lowest BCUT2D eigenvalue weighted by molar-refractivity contribution is -0.123. The summed E-state index contributed by atoms with van der Waals surface area (Å²) in [5, 5.41) is 3.02. The number of ether oxygens (including phenoxy) is 1. The van der Waals surface area contributed by atoms with Crippen molar-refractivity contribution in [1.82, 2.24) is 5.32 Å². The highest BCUT2D eigenvalue weighted by molar-refractivity contribution is 9.10. The van der Waals surface area contributed by atoms with Gasteiger partial charge in [0.25, 0.3) is 0 Å². The highest BCUT2D eigenvalue weighted by Crippen LogP contribution is 2.23. The number of hydrogen-bond donors (Lipinski definition) is 2. The maximum Gasteiger partial charge on any atom is 0.220 e. The second-order valence-electron chi connectivity index (χ2n) is 5.71. The molecule has 0 aliphatic heterocycles. The number of carbonyl (C=O) groups excluding carboxylic acids is 1. The van der Waals surface area contributed by atoms with E-state index in [1.807, 2.05) is 31.2 Å². The fourth-order valence-electron chi connectivity index (χ4n) is 1.79. The molecule has 0 aromatic heterocycles. The van der Waals surface area contributed by atoms with Crippen molar-refractivity contribution >= 4 is 21.8 Å². The van der Waals surface area contributed by atoms with Crippen LogP contribution in [0, 0.1) is 5.92 Å². The summed E-state index contributed by atoms with van der Waals surface area (Å²) in [5.74, 6) is 1.11. The quantitative estimate of drug-likeness (QED) is 0.703. The molecule has 5 heteroatoms. The van der Waals surface area contributed by atoms with Crippen molar-refractivity contribution < 1.29 is 9.53 Å². The van der Waals surface area contributed by atoms with Gasteiger partial charge in [0.15, 0.2) is 0 Å². The zero-order valence-electron chi connectivity index (χ0n) is 13.0. The summed E-state index contributed by atoms with van der Waals surface area (Å²) in [7, 11) is 0. The monoisotopic (exact) mass is 356 g/mol. The summed E-state index contributed by atoms with van der Waals surface area (Å²) < 4.78 is 6.56. The van der Waals surface area contributed by atoms with Gasteiger partial charge in [-0.05, 0) is 47.3 Å². The first-order chi connectivity index (χ1) is 9.89. The normalized spacial score (nSPS) is 13.8. The molecule has 1 atom stereocenters. The van der Waals surface area contributed by atoms with Crippen LogP contribution in [-0.2, 0) is 4.79 Å². The van der Waals surface area contributed by atoms with E-state index in [0.717, 1.165) is 10.2 Å². The van der Waals surface area contributed by atoms with E-state index in [-0.39, 0.29) is 11.4 Å². The number of halogens is 1. The van der Waals surface area contributed by atoms with Crippen molar-refractivity contribution in [2.75, 3.05) is 13.2 Å². The Kier molecular flexibility index (Phi) is 7.18. The highest BCUT2D eigenvalue weighted by atomic mass is 79.9. The Morgan fingerprint density at radius 1 is 1.43 bits per heavy atom. The van der Waals surface area contributed by atoms with E-state index in [1.54, 1.807) is 0 Å². The highest BCUT2D eigenvalue weighted by Gasteiger charge is 2.28. The van der Waals surface area contributed by atoms with Crippen molar-refractivity contribution in [3.05, 3.63) is 28.7 Å². The number of nitrogens with two attached hydrogens (primary N) is 1. The molecule has 4 nitrogen and oxygen atoms in total. The smallest absolute Gasteiger partial charge is 0.220 e. The first-order valence-corrected chi connectivity index (χ1v) is 8.06. The third-order valence-electron chi connectivity index (χ3n) is 3.77. The Hall–Kier alpha value is -1.07. The van der Waals surface area contributed by atoms with E-state index in [1.165, 1.54) is 0 Å². The predicted molar refractivity (Wildman–Crippen MR) is 89.3 cm³/mol. The lowest BCUT2D eigenvalue weighted by Crippen LogP contribution is -2.55. The van der Waals surface area contributed by atoms with Gasteiger partial charge in [-0.15, -0.1) is 0 Å². The van der Waals surface area contributed by atoms with Crippen LogP contribution in [0.15, 0.2) is 28.7 Å². The van der Waals surface area contributed by atoms with E-state index in [2.05, 4.69) is 35.1 Å². The lowest BCUT2D eigenvalue weighted by Gasteiger charge is -2.33. The van der Waals surface area contributed by atoms with Gasteiger partial charge in [0.05, 0.1) is 16.6 Å². The molecule has 3 N–H and O–H groups in total. The van der Waals surface area contributed by atoms with Crippen LogP contribution >= 0.6 is 15.9 Å². The number of rotatable bonds is 8. The molecule has 118 valence electrons. The van der Waals surface area contributed by atoms with Gasteiger partial charge in [-0.1, -0.05) is 26.0 Å². The van der Waals surface area contributed by atoms with E-state index in [4.69, 9.17) is 10.5 Å². The lowest BCUT2D eigenvalue weighted by atomic mass is 9.88. The molecule has 0 saturated heterocycles. The molecule has 0 spiro atoms. The van der Waals surface area contributed by atoms with E-state index < -0.39 is 0 Å². The van der Waals surface area contributed by atoms with Crippen LogP contribution in [0.2, 0.25) is 0 Å². The van der Waals surface area contributed by atoms with Crippen molar-refractivity contribution in [2.45, 2.75) is 39.2 Å². The maximum absolute atomic E-state index is 12.0. The van der Waals surface area contributed by atoms with Crippen LogP contribution in [0.25, 0.3) is 0 Å². The molecule has 0 fully saturated rings. The van der Waals surface area contributed by atoms with Gasteiger partial charge in [0.1, 0.15) is 5.75 Å². The molecule has 1 amide bonds. The maximum atomic E-state index is 12.0. The first-order valence-electron chi connectivity index (χ1n) is 7.27. The summed E-state index contributed by atoms with van der Waals surface area (Å²) in [5.41, 5.74) is 5.41. The summed E-state index contributed by atoms with van der Waals surface area (Å²) in [6, 6.07) is 7.68. The van der Waals surface area contributed by atoms with Gasteiger partial charge in [0.2, 0.25) is 5.91 Å². The molecule has 1 aromatic rings.